The Morgan fingerprint density at radius 1 is 1.14 bits per heavy atom. The maximum Gasteiger partial charge on any atom is 0.274 e. The third-order valence-electron chi connectivity index (χ3n) is 3.93. The number of nitrogens with one attached hydrogen (secondary N) is 1. The summed E-state index contributed by atoms with van der Waals surface area (Å²) in [5, 5.41) is 11.8. The molecular formula is C19H15BrN6O2S. The van der Waals surface area contributed by atoms with Crippen molar-refractivity contribution in [2.45, 2.75) is 17.5 Å². The SMILES string of the molecule is O=C(NCc1ccco1)c1nnn(-c2ccc(Br)cc2)c1CSc1ncccn1. The molecule has 0 radical (unpaired) electrons. The molecule has 0 saturated heterocycles. The van der Waals surface area contributed by atoms with E-state index in [1.165, 1.54) is 11.8 Å². The molecule has 8 nitrogen and oxygen atoms in total. The largest absolute Gasteiger partial charge is 0.467 e. The van der Waals surface area contributed by atoms with Crippen molar-refractivity contribution < 1.29 is 9.21 Å². The number of furan rings is 1. The quantitative estimate of drug-likeness (QED) is 0.325. The smallest absolute Gasteiger partial charge is 0.274 e. The molecule has 0 aliphatic rings. The van der Waals surface area contributed by atoms with Crippen molar-refractivity contribution in [3.8, 4) is 5.69 Å². The number of amides is 1. The third-order valence-corrected chi connectivity index (χ3v) is 5.35. The van der Waals surface area contributed by atoms with Crippen LogP contribution < -0.4 is 5.32 Å². The first-order valence-corrected chi connectivity index (χ1v) is 10.4. The summed E-state index contributed by atoms with van der Waals surface area (Å²) in [5.74, 6) is 0.762. The van der Waals surface area contributed by atoms with Crippen LogP contribution in [0.2, 0.25) is 0 Å². The summed E-state index contributed by atoms with van der Waals surface area (Å²) in [4.78, 5) is 21.2. The average molecular weight is 471 g/mol. The number of carbonyl (C=O) groups is 1. The number of nitrogens with zero attached hydrogens (tertiary/aromatic N) is 5. The molecular weight excluding hydrogens is 456 g/mol. The number of thioether (sulfide) groups is 1. The minimum absolute atomic E-state index is 0.253. The van der Waals surface area contributed by atoms with Gasteiger partial charge in [-0.1, -0.05) is 32.9 Å². The molecule has 0 spiro atoms. The zero-order valence-electron chi connectivity index (χ0n) is 15.0. The Hall–Kier alpha value is -2.98. The Labute approximate surface area is 178 Å². The van der Waals surface area contributed by atoms with Crippen molar-refractivity contribution in [1.82, 2.24) is 30.3 Å². The fourth-order valence-corrected chi connectivity index (χ4v) is 3.61. The van der Waals surface area contributed by atoms with Gasteiger partial charge in [0.25, 0.3) is 5.91 Å². The molecule has 10 heteroatoms. The molecule has 3 aromatic heterocycles. The number of aromatic nitrogens is 5. The Balaban J connectivity index is 1.60. The summed E-state index contributed by atoms with van der Waals surface area (Å²) >= 11 is 4.83. The van der Waals surface area contributed by atoms with Gasteiger partial charge in [0, 0.05) is 22.6 Å². The Morgan fingerprint density at radius 3 is 2.66 bits per heavy atom. The highest BCUT2D eigenvalue weighted by atomic mass is 79.9. The van der Waals surface area contributed by atoms with Crippen LogP contribution in [0, 0.1) is 0 Å². The lowest BCUT2D eigenvalue weighted by atomic mass is 10.3. The van der Waals surface area contributed by atoms with Gasteiger partial charge in [0.1, 0.15) is 5.76 Å². The van der Waals surface area contributed by atoms with E-state index in [1.54, 1.807) is 41.5 Å². The summed E-state index contributed by atoms with van der Waals surface area (Å²) in [6.45, 7) is 0.269. The second-order valence-corrected chi connectivity index (χ2v) is 7.71. The molecule has 0 unspecified atom stereocenters. The van der Waals surface area contributed by atoms with Crippen molar-refractivity contribution in [3.63, 3.8) is 0 Å². The summed E-state index contributed by atoms with van der Waals surface area (Å²) in [6.07, 6.45) is 4.92. The van der Waals surface area contributed by atoms with Crippen LogP contribution in [0.5, 0.6) is 0 Å². The Kier molecular flexibility index (Phi) is 6.01. The molecule has 0 fully saturated rings. The van der Waals surface area contributed by atoms with E-state index in [9.17, 15) is 4.79 Å². The molecule has 0 saturated carbocycles. The monoisotopic (exact) mass is 470 g/mol. The van der Waals surface area contributed by atoms with E-state index in [0.29, 0.717) is 22.4 Å². The van der Waals surface area contributed by atoms with E-state index in [0.717, 1.165) is 10.2 Å². The molecule has 4 aromatic rings. The zero-order valence-corrected chi connectivity index (χ0v) is 17.4. The van der Waals surface area contributed by atoms with Gasteiger partial charge in [-0.3, -0.25) is 4.79 Å². The van der Waals surface area contributed by atoms with Gasteiger partial charge >= 0.3 is 0 Å². The van der Waals surface area contributed by atoms with Crippen LogP contribution >= 0.6 is 27.7 Å². The molecule has 0 bridgehead atoms. The fraction of sp³-hybridized carbons (Fsp3) is 0.105. The van der Waals surface area contributed by atoms with E-state index in [-0.39, 0.29) is 18.1 Å². The van der Waals surface area contributed by atoms with Gasteiger partial charge < -0.3 is 9.73 Å². The van der Waals surface area contributed by atoms with Crippen LogP contribution in [0.15, 0.2) is 75.2 Å². The summed E-state index contributed by atoms with van der Waals surface area (Å²) in [7, 11) is 0. The molecule has 1 amide bonds. The Morgan fingerprint density at radius 2 is 1.93 bits per heavy atom. The van der Waals surface area contributed by atoms with E-state index in [4.69, 9.17) is 4.42 Å². The van der Waals surface area contributed by atoms with Crippen LogP contribution in [-0.2, 0) is 12.3 Å². The molecule has 4 rings (SSSR count). The highest BCUT2D eigenvalue weighted by Crippen LogP contribution is 2.23. The zero-order chi connectivity index (χ0) is 20.1. The van der Waals surface area contributed by atoms with Crippen molar-refractivity contribution in [2.75, 3.05) is 0 Å². The number of benzene rings is 1. The van der Waals surface area contributed by atoms with Crippen LogP contribution in [0.4, 0.5) is 0 Å². The minimum atomic E-state index is -0.325. The summed E-state index contributed by atoms with van der Waals surface area (Å²) in [5.41, 5.74) is 1.71. The molecule has 146 valence electrons. The normalized spacial score (nSPS) is 10.8. The van der Waals surface area contributed by atoms with E-state index < -0.39 is 0 Å². The predicted molar refractivity (Wildman–Crippen MR) is 111 cm³/mol. The van der Waals surface area contributed by atoms with Crippen LogP contribution in [0.25, 0.3) is 5.69 Å². The van der Waals surface area contributed by atoms with Gasteiger partial charge in [-0.15, -0.1) is 5.10 Å². The van der Waals surface area contributed by atoms with Crippen LogP contribution in [0.1, 0.15) is 21.9 Å². The van der Waals surface area contributed by atoms with Crippen molar-refractivity contribution in [3.05, 3.63) is 82.7 Å². The Bertz CT molecular complexity index is 1080. The van der Waals surface area contributed by atoms with Crippen LogP contribution in [0.3, 0.4) is 0 Å². The predicted octanol–water partition coefficient (Wildman–Crippen LogP) is 3.64. The average Bonchev–Trinajstić information content (AvgIpc) is 3.42. The first kappa shape index (κ1) is 19.3. The second-order valence-electron chi connectivity index (χ2n) is 5.86. The lowest BCUT2D eigenvalue weighted by Crippen LogP contribution is -2.24. The summed E-state index contributed by atoms with van der Waals surface area (Å²) in [6, 6.07) is 12.9. The van der Waals surface area contributed by atoms with Gasteiger partial charge in [0.05, 0.1) is 24.2 Å². The second kappa shape index (κ2) is 9.01. The first-order valence-electron chi connectivity index (χ1n) is 8.61. The van der Waals surface area contributed by atoms with E-state index in [1.807, 2.05) is 24.3 Å². The standard InChI is InChI=1S/C19H15BrN6O2S/c20-13-4-6-14(7-5-13)26-16(12-29-19-21-8-2-9-22-19)17(24-25-26)18(27)23-11-15-3-1-10-28-15/h1-10H,11-12H2,(H,23,27). The molecule has 1 aromatic carbocycles. The molecule has 0 aliphatic heterocycles. The molecule has 3 heterocycles. The van der Waals surface area contributed by atoms with Gasteiger partial charge in [0.15, 0.2) is 10.9 Å². The van der Waals surface area contributed by atoms with Gasteiger partial charge in [-0.2, -0.15) is 0 Å². The van der Waals surface area contributed by atoms with E-state index >= 15 is 0 Å². The minimum Gasteiger partial charge on any atom is -0.467 e. The maximum atomic E-state index is 12.8. The molecule has 29 heavy (non-hydrogen) atoms. The molecule has 1 N–H and O–H groups in total. The van der Waals surface area contributed by atoms with Gasteiger partial charge in [-0.25, -0.2) is 14.6 Å². The van der Waals surface area contributed by atoms with E-state index in [2.05, 4.69) is 41.5 Å². The van der Waals surface area contributed by atoms with Gasteiger partial charge in [0.2, 0.25) is 0 Å². The third kappa shape index (κ3) is 4.72. The lowest BCUT2D eigenvalue weighted by molar-refractivity contribution is 0.0942. The number of hydrogen-bond donors (Lipinski definition) is 1. The topological polar surface area (TPSA) is 98.7 Å². The first-order chi connectivity index (χ1) is 14.2. The number of rotatable bonds is 7. The van der Waals surface area contributed by atoms with Crippen molar-refractivity contribution >= 4 is 33.6 Å². The number of carbonyl (C=O) groups excluding carboxylic acids is 1. The lowest BCUT2D eigenvalue weighted by Gasteiger charge is -2.08. The molecule has 0 atom stereocenters. The number of halogens is 1. The molecule has 0 aliphatic carbocycles. The highest BCUT2D eigenvalue weighted by Gasteiger charge is 2.21. The summed E-state index contributed by atoms with van der Waals surface area (Å²) < 4.78 is 7.87. The van der Waals surface area contributed by atoms with Crippen LogP contribution in [-0.4, -0.2) is 30.9 Å². The van der Waals surface area contributed by atoms with Crippen molar-refractivity contribution in [2.24, 2.45) is 0 Å². The highest BCUT2D eigenvalue weighted by molar-refractivity contribution is 9.10. The maximum absolute atomic E-state index is 12.8. The number of hydrogen-bond acceptors (Lipinski definition) is 7. The fourth-order valence-electron chi connectivity index (χ4n) is 2.55. The van der Waals surface area contributed by atoms with Gasteiger partial charge in [-0.05, 0) is 42.5 Å². The van der Waals surface area contributed by atoms with Crippen molar-refractivity contribution in [1.29, 1.82) is 0 Å².